The monoisotopic (exact) mass is 504 g/mol. The van der Waals surface area contributed by atoms with E-state index in [1.165, 1.54) is 18.4 Å². The molecule has 34 heavy (non-hydrogen) atoms. The second kappa shape index (κ2) is 10.5. The van der Waals surface area contributed by atoms with Gasteiger partial charge in [0.1, 0.15) is 0 Å². The zero-order valence-corrected chi connectivity index (χ0v) is 20.6. The third-order valence-corrected chi connectivity index (χ3v) is 8.54. The number of methoxy groups -OCH3 is 1. The van der Waals surface area contributed by atoms with Crippen LogP contribution >= 0.6 is 11.3 Å². The zero-order chi connectivity index (χ0) is 24.1. The van der Waals surface area contributed by atoms with Gasteiger partial charge in [0.2, 0.25) is 10.0 Å². The van der Waals surface area contributed by atoms with Gasteiger partial charge >= 0.3 is 6.09 Å². The molecule has 1 saturated carbocycles. The number of H-pyrrole nitrogens is 1. The van der Waals surface area contributed by atoms with Gasteiger partial charge in [-0.3, -0.25) is 5.10 Å². The molecule has 0 unspecified atom stereocenters. The topological polar surface area (TPSA) is 138 Å². The number of sulfonamides is 1. The highest BCUT2D eigenvalue weighted by Gasteiger charge is 2.27. The van der Waals surface area contributed by atoms with E-state index >= 15 is 0 Å². The van der Waals surface area contributed by atoms with Gasteiger partial charge in [-0.2, -0.15) is 5.10 Å². The maximum atomic E-state index is 13.0. The van der Waals surface area contributed by atoms with Crippen LogP contribution in [-0.2, 0) is 14.8 Å². The van der Waals surface area contributed by atoms with Gasteiger partial charge in [-0.15, -0.1) is 11.3 Å². The molecule has 0 atom stereocenters. The van der Waals surface area contributed by atoms with Crippen LogP contribution < -0.4 is 15.4 Å². The third-order valence-electron chi connectivity index (χ3n) is 5.77. The summed E-state index contributed by atoms with van der Waals surface area (Å²) in [5.41, 5.74) is 1.99. The summed E-state index contributed by atoms with van der Waals surface area (Å²) < 4.78 is 33.3. The Bertz CT molecular complexity index is 1220. The first-order valence-corrected chi connectivity index (χ1v) is 13.4. The number of carbonyl (C=O) groups is 1. The predicted octanol–water partition coefficient (Wildman–Crippen LogP) is 3.96. The molecule has 182 valence electrons. The fraction of sp³-hybridized carbons (Fsp3) is 0.409. The second-order valence-electron chi connectivity index (χ2n) is 8.07. The molecule has 0 aliphatic heterocycles. The van der Waals surface area contributed by atoms with E-state index in [2.05, 4.69) is 35.3 Å². The molecule has 4 rings (SSSR count). The number of alkyl carbamates (subject to hydrolysis) is 1. The molecule has 2 aromatic heterocycles. The van der Waals surface area contributed by atoms with E-state index in [-0.39, 0.29) is 23.4 Å². The molecule has 1 fully saturated rings. The van der Waals surface area contributed by atoms with Crippen molar-refractivity contribution in [3.63, 3.8) is 0 Å². The van der Waals surface area contributed by atoms with Crippen molar-refractivity contribution < 1.29 is 17.9 Å². The van der Waals surface area contributed by atoms with Crippen LogP contribution in [0.1, 0.15) is 43.5 Å². The number of nitrogens with one attached hydrogen (secondary N) is 4. The van der Waals surface area contributed by atoms with Crippen molar-refractivity contribution in [1.29, 1.82) is 0 Å². The first-order chi connectivity index (χ1) is 16.4. The van der Waals surface area contributed by atoms with Crippen LogP contribution in [-0.4, -0.2) is 49.4 Å². The number of thiazole rings is 1. The van der Waals surface area contributed by atoms with E-state index in [4.69, 9.17) is 0 Å². The van der Waals surface area contributed by atoms with E-state index in [1.54, 1.807) is 37.6 Å². The minimum Gasteiger partial charge on any atom is -0.453 e. The van der Waals surface area contributed by atoms with Crippen molar-refractivity contribution in [2.24, 2.45) is 0 Å². The molecule has 0 spiro atoms. The average Bonchev–Trinajstić information content (AvgIpc) is 3.52. The molecule has 0 bridgehead atoms. The molecule has 4 N–H and O–H groups in total. The Kier molecular flexibility index (Phi) is 7.49. The number of benzene rings is 1. The molecule has 1 aliphatic rings. The summed E-state index contributed by atoms with van der Waals surface area (Å²) in [6.07, 6.45) is 8.17. The molecule has 1 aromatic carbocycles. The smallest absolute Gasteiger partial charge is 0.407 e. The van der Waals surface area contributed by atoms with Crippen LogP contribution in [0.5, 0.6) is 0 Å². The number of aromatic nitrogens is 3. The van der Waals surface area contributed by atoms with Crippen molar-refractivity contribution in [3.05, 3.63) is 41.8 Å². The summed E-state index contributed by atoms with van der Waals surface area (Å²) in [5, 5.41) is 13.6. The summed E-state index contributed by atoms with van der Waals surface area (Å²) in [5.74, 6) is 0.283. The summed E-state index contributed by atoms with van der Waals surface area (Å²) >= 11 is 1.52. The van der Waals surface area contributed by atoms with Crippen molar-refractivity contribution in [2.45, 2.75) is 49.5 Å². The van der Waals surface area contributed by atoms with Gasteiger partial charge in [-0.25, -0.2) is 22.9 Å². The van der Waals surface area contributed by atoms with E-state index in [1.807, 2.05) is 6.07 Å². The van der Waals surface area contributed by atoms with Crippen molar-refractivity contribution >= 4 is 38.8 Å². The number of rotatable bonds is 8. The molecule has 1 aliphatic carbocycles. The fourth-order valence-electron chi connectivity index (χ4n) is 4.09. The standard InChI is InChI=1S/C22H28N6O4S2/c1-3-26-34(30,31)20-10-16(27-17-11-24-25-12-17)8-9-18(20)19-13-23-21(33-19)14-4-6-15(7-5-14)28-22(29)32-2/h8-15,26-27H,3-7H2,1-2H3,(H,24,25)(H,28,29)/t14-,15-. The van der Waals surface area contributed by atoms with Crippen LogP contribution in [0.3, 0.4) is 0 Å². The number of anilines is 2. The molecule has 0 radical (unpaired) electrons. The second-order valence-corrected chi connectivity index (χ2v) is 10.9. The van der Waals surface area contributed by atoms with Gasteiger partial charge in [0.15, 0.2) is 0 Å². The van der Waals surface area contributed by atoms with E-state index in [9.17, 15) is 13.2 Å². The Labute approximate surface area is 202 Å². The summed E-state index contributed by atoms with van der Waals surface area (Å²) in [6, 6.07) is 5.39. The number of hydrogen-bond acceptors (Lipinski definition) is 8. The van der Waals surface area contributed by atoms with E-state index < -0.39 is 16.1 Å². The molecular weight excluding hydrogens is 476 g/mol. The normalized spacial score (nSPS) is 18.4. The van der Waals surface area contributed by atoms with Crippen LogP contribution in [0.4, 0.5) is 16.2 Å². The highest BCUT2D eigenvalue weighted by Crippen LogP contribution is 2.40. The van der Waals surface area contributed by atoms with Crippen molar-refractivity contribution in [3.8, 4) is 10.4 Å². The summed E-state index contributed by atoms with van der Waals surface area (Å²) in [6.45, 7) is 2.04. The molecular formula is C22H28N6O4S2. The van der Waals surface area contributed by atoms with Gasteiger partial charge in [-0.05, 0) is 37.8 Å². The Morgan fingerprint density at radius 1 is 1.21 bits per heavy atom. The van der Waals surface area contributed by atoms with Crippen molar-refractivity contribution in [1.82, 2.24) is 25.2 Å². The van der Waals surface area contributed by atoms with E-state index in [0.29, 0.717) is 11.3 Å². The number of hydrogen-bond donors (Lipinski definition) is 4. The lowest BCUT2D eigenvalue weighted by atomic mass is 9.86. The number of aromatic amines is 1. The van der Waals surface area contributed by atoms with Crippen LogP contribution in [0.25, 0.3) is 10.4 Å². The van der Waals surface area contributed by atoms with Gasteiger partial charge in [-0.1, -0.05) is 13.0 Å². The van der Waals surface area contributed by atoms with Crippen molar-refractivity contribution in [2.75, 3.05) is 19.0 Å². The van der Waals surface area contributed by atoms with Gasteiger partial charge in [0.25, 0.3) is 0 Å². The van der Waals surface area contributed by atoms with Crippen LogP contribution in [0, 0.1) is 0 Å². The van der Waals surface area contributed by atoms with Gasteiger partial charge < -0.3 is 15.4 Å². The van der Waals surface area contributed by atoms with Crippen LogP contribution in [0.2, 0.25) is 0 Å². The summed E-state index contributed by atoms with van der Waals surface area (Å²) in [7, 11) is -2.35. The Hall–Kier alpha value is -2.96. The number of amides is 1. The lowest BCUT2D eigenvalue weighted by Crippen LogP contribution is -2.37. The Morgan fingerprint density at radius 2 is 2.00 bits per heavy atom. The van der Waals surface area contributed by atoms with Gasteiger partial charge in [0, 0.05) is 42.1 Å². The molecule has 12 heteroatoms. The lowest BCUT2D eigenvalue weighted by Gasteiger charge is -2.27. The van der Waals surface area contributed by atoms with Gasteiger partial charge in [0.05, 0.1) is 33.8 Å². The Morgan fingerprint density at radius 3 is 2.68 bits per heavy atom. The largest absolute Gasteiger partial charge is 0.453 e. The molecule has 3 aromatic rings. The highest BCUT2D eigenvalue weighted by molar-refractivity contribution is 7.89. The quantitative estimate of drug-likeness (QED) is 0.364. The third kappa shape index (κ3) is 5.57. The fourth-order valence-corrected chi connectivity index (χ4v) is 6.57. The number of nitrogens with zero attached hydrogens (tertiary/aromatic N) is 2. The highest BCUT2D eigenvalue weighted by atomic mass is 32.2. The predicted molar refractivity (Wildman–Crippen MR) is 131 cm³/mol. The number of ether oxygens (including phenoxy) is 1. The average molecular weight is 505 g/mol. The molecule has 10 nitrogen and oxygen atoms in total. The molecule has 2 heterocycles. The minimum atomic E-state index is -3.71. The SMILES string of the molecule is CCNS(=O)(=O)c1cc(Nc2cn[nH]c2)ccc1-c1cnc([C@H]2CC[C@H](NC(=O)OC)CC2)s1. The number of carbonyl (C=O) groups excluding carboxylic acids is 1. The molecule has 1 amide bonds. The van der Waals surface area contributed by atoms with E-state index in [0.717, 1.165) is 41.3 Å². The summed E-state index contributed by atoms with van der Waals surface area (Å²) in [4.78, 5) is 17.1. The first-order valence-electron chi connectivity index (χ1n) is 11.1. The molecule has 0 saturated heterocycles. The Balaban J connectivity index is 1.56. The maximum Gasteiger partial charge on any atom is 0.407 e. The maximum absolute atomic E-state index is 13.0. The zero-order valence-electron chi connectivity index (χ0n) is 19.0. The minimum absolute atomic E-state index is 0.107. The first kappa shape index (κ1) is 24.2. The van der Waals surface area contributed by atoms with Crippen LogP contribution in [0.15, 0.2) is 41.7 Å². The lowest BCUT2D eigenvalue weighted by molar-refractivity contribution is 0.162.